The minimum Gasteiger partial charge on any atom is -0.499 e. The van der Waals surface area contributed by atoms with Gasteiger partial charge in [-0.15, -0.1) is 0 Å². The third-order valence-electron chi connectivity index (χ3n) is 8.75. The number of rotatable bonds is 10. The molecule has 234 valence electrons. The molecule has 1 aliphatic heterocycles. The lowest BCUT2D eigenvalue weighted by Crippen LogP contribution is -2.12. The molecule has 47 heavy (non-hydrogen) atoms. The topological polar surface area (TPSA) is 100 Å². The molecule has 0 bridgehead atoms. The summed E-state index contributed by atoms with van der Waals surface area (Å²) < 4.78 is 13.5. The summed E-state index contributed by atoms with van der Waals surface area (Å²) in [7, 11) is 0. The van der Waals surface area contributed by atoms with E-state index < -0.39 is 0 Å². The number of aromatic nitrogens is 2. The van der Waals surface area contributed by atoms with Crippen LogP contribution in [0.1, 0.15) is 30.8 Å². The highest BCUT2D eigenvalue weighted by Gasteiger charge is 2.20. The largest absolute Gasteiger partial charge is 0.499 e. The van der Waals surface area contributed by atoms with Gasteiger partial charge in [0.05, 0.1) is 23.9 Å². The Hall–Kier alpha value is -5.95. The number of nitrogens with one attached hydrogen (secondary N) is 1. The molecule has 0 fully saturated rings. The number of benzene rings is 4. The fraction of sp³-hybridized carbons (Fsp3) is 0.125. The standard InChI is InChI=1S/C40H37N5O2/c1-2-27(26-46-20-18-41)12-13-29(24-42)35-23-38-39(33-11-7-6-10-32(33)35)34-16-14-28(22-37(34)45(38)31-8-4-3-5-9-31)30-15-17-36(44-25-30)40-43-19-21-47-40/h3-25,27,40,43H,2,26,41-42H2,1H3/b13-12-,20-18-,29-24+. The van der Waals surface area contributed by atoms with E-state index in [1.54, 1.807) is 18.7 Å². The van der Waals surface area contributed by atoms with Gasteiger partial charge in [-0.2, -0.15) is 0 Å². The number of ether oxygens (including phenoxy) is 2. The zero-order chi connectivity index (χ0) is 32.2. The lowest BCUT2D eigenvalue weighted by Gasteiger charge is -2.14. The average Bonchev–Trinajstić information content (AvgIpc) is 3.78. The Labute approximate surface area is 274 Å². The molecule has 6 aromatic rings. The predicted octanol–water partition coefficient (Wildman–Crippen LogP) is 8.42. The Morgan fingerprint density at radius 3 is 2.47 bits per heavy atom. The van der Waals surface area contributed by atoms with E-state index in [1.807, 2.05) is 18.3 Å². The van der Waals surface area contributed by atoms with Gasteiger partial charge in [0.25, 0.3) is 0 Å². The third kappa shape index (κ3) is 5.68. The van der Waals surface area contributed by atoms with Crippen molar-refractivity contribution in [1.82, 2.24) is 14.9 Å². The molecule has 5 N–H and O–H groups in total. The van der Waals surface area contributed by atoms with Gasteiger partial charge >= 0.3 is 0 Å². The summed E-state index contributed by atoms with van der Waals surface area (Å²) >= 11 is 0. The summed E-state index contributed by atoms with van der Waals surface area (Å²) in [6, 6.07) is 32.2. The van der Waals surface area contributed by atoms with Gasteiger partial charge in [-0.3, -0.25) is 4.98 Å². The molecule has 7 rings (SSSR count). The maximum absolute atomic E-state index is 6.35. The van der Waals surface area contributed by atoms with E-state index in [9.17, 15) is 0 Å². The first-order chi connectivity index (χ1) is 23.2. The van der Waals surface area contributed by atoms with Crippen molar-refractivity contribution in [3.05, 3.63) is 152 Å². The maximum Gasteiger partial charge on any atom is 0.212 e. The molecule has 0 saturated heterocycles. The Kier molecular flexibility index (Phi) is 8.35. The molecule has 7 heteroatoms. The fourth-order valence-corrected chi connectivity index (χ4v) is 6.34. The van der Waals surface area contributed by atoms with Crippen LogP contribution in [-0.2, 0) is 9.47 Å². The second-order valence-electron chi connectivity index (χ2n) is 11.5. The van der Waals surface area contributed by atoms with Crippen molar-refractivity contribution >= 4 is 38.2 Å². The molecule has 7 nitrogen and oxygen atoms in total. The van der Waals surface area contributed by atoms with Gasteiger partial charge in [-0.1, -0.05) is 79.7 Å². The van der Waals surface area contributed by atoms with Crippen LogP contribution in [0, 0.1) is 5.92 Å². The van der Waals surface area contributed by atoms with E-state index in [0.29, 0.717) is 6.61 Å². The summed E-state index contributed by atoms with van der Waals surface area (Å²) in [4.78, 5) is 4.70. The highest BCUT2D eigenvalue weighted by molar-refractivity contribution is 6.23. The summed E-state index contributed by atoms with van der Waals surface area (Å²) in [5, 5.41) is 7.86. The molecule has 0 radical (unpaired) electrons. The lowest BCUT2D eigenvalue weighted by atomic mass is 9.93. The zero-order valence-corrected chi connectivity index (χ0v) is 26.2. The number of nitrogens with zero attached hydrogens (tertiary/aromatic N) is 2. The van der Waals surface area contributed by atoms with Crippen LogP contribution in [0.25, 0.3) is 55.0 Å². The van der Waals surface area contributed by atoms with Gasteiger partial charge in [0, 0.05) is 52.7 Å². The number of nitrogens with two attached hydrogens (primary N) is 2. The number of para-hydroxylation sites is 1. The Morgan fingerprint density at radius 1 is 0.936 bits per heavy atom. The van der Waals surface area contributed by atoms with Crippen LogP contribution in [0.4, 0.5) is 0 Å². The molecule has 2 atom stereocenters. The summed E-state index contributed by atoms with van der Waals surface area (Å²) in [6.45, 7) is 2.69. The maximum atomic E-state index is 6.35. The van der Waals surface area contributed by atoms with E-state index in [-0.39, 0.29) is 12.1 Å². The number of hydrogen-bond donors (Lipinski definition) is 3. The number of fused-ring (bicyclic) bond motifs is 5. The Morgan fingerprint density at radius 2 is 1.74 bits per heavy atom. The minimum atomic E-state index is -0.258. The van der Waals surface area contributed by atoms with Gasteiger partial charge in [-0.05, 0) is 64.2 Å². The number of allylic oxidation sites excluding steroid dienone is 2. The lowest BCUT2D eigenvalue weighted by molar-refractivity contribution is 0.150. The quantitative estimate of drug-likeness (QED) is 0.105. The highest BCUT2D eigenvalue weighted by atomic mass is 16.5. The predicted molar refractivity (Wildman–Crippen MR) is 192 cm³/mol. The van der Waals surface area contributed by atoms with Crippen LogP contribution in [0.15, 0.2) is 140 Å². The fourth-order valence-electron chi connectivity index (χ4n) is 6.34. The molecule has 4 aromatic carbocycles. The minimum absolute atomic E-state index is 0.215. The molecule has 2 unspecified atom stereocenters. The van der Waals surface area contributed by atoms with E-state index >= 15 is 0 Å². The van der Waals surface area contributed by atoms with Crippen LogP contribution in [0.2, 0.25) is 0 Å². The molecule has 0 amide bonds. The van der Waals surface area contributed by atoms with E-state index in [2.05, 4.69) is 108 Å². The van der Waals surface area contributed by atoms with Crippen molar-refractivity contribution in [3.8, 4) is 16.8 Å². The molecule has 2 aromatic heterocycles. The molecule has 0 spiro atoms. The van der Waals surface area contributed by atoms with Crippen LogP contribution in [-0.4, -0.2) is 16.2 Å². The van der Waals surface area contributed by atoms with Gasteiger partial charge in [0.15, 0.2) is 0 Å². The van der Waals surface area contributed by atoms with Crippen LogP contribution in [0.3, 0.4) is 0 Å². The van der Waals surface area contributed by atoms with Gasteiger partial charge in [0.1, 0.15) is 12.0 Å². The second kappa shape index (κ2) is 13.2. The first-order valence-electron chi connectivity index (χ1n) is 15.9. The van der Waals surface area contributed by atoms with E-state index in [4.69, 9.17) is 25.9 Å². The highest BCUT2D eigenvalue weighted by Crippen LogP contribution is 2.41. The molecule has 1 aliphatic rings. The van der Waals surface area contributed by atoms with Crippen molar-refractivity contribution in [2.24, 2.45) is 17.4 Å². The average molecular weight is 620 g/mol. The van der Waals surface area contributed by atoms with Crippen molar-refractivity contribution < 1.29 is 9.47 Å². The van der Waals surface area contributed by atoms with Crippen LogP contribution < -0.4 is 16.8 Å². The molecular weight excluding hydrogens is 582 g/mol. The van der Waals surface area contributed by atoms with Crippen LogP contribution >= 0.6 is 0 Å². The van der Waals surface area contributed by atoms with Crippen molar-refractivity contribution in [2.45, 2.75) is 19.6 Å². The smallest absolute Gasteiger partial charge is 0.212 e. The van der Waals surface area contributed by atoms with Crippen molar-refractivity contribution in [2.75, 3.05) is 6.61 Å². The summed E-state index contributed by atoms with van der Waals surface area (Å²) in [6.07, 6.45) is 14.9. The number of pyridine rings is 1. The second-order valence-corrected chi connectivity index (χ2v) is 11.5. The summed E-state index contributed by atoms with van der Waals surface area (Å²) in [5.74, 6) is 0.215. The molecule has 3 heterocycles. The first-order valence-corrected chi connectivity index (χ1v) is 15.9. The zero-order valence-electron chi connectivity index (χ0n) is 26.2. The normalized spacial score (nSPS) is 15.6. The molecule has 0 saturated carbocycles. The van der Waals surface area contributed by atoms with Gasteiger partial charge in [-0.25, -0.2) is 0 Å². The Bertz CT molecular complexity index is 2150. The van der Waals surface area contributed by atoms with E-state index in [0.717, 1.165) is 56.5 Å². The van der Waals surface area contributed by atoms with E-state index in [1.165, 1.54) is 28.6 Å². The molecular formula is C40H37N5O2. The Balaban J connectivity index is 1.41. The van der Waals surface area contributed by atoms with Crippen LogP contribution in [0.5, 0.6) is 0 Å². The number of hydrogen-bond acceptors (Lipinski definition) is 6. The summed E-state index contributed by atoms with van der Waals surface area (Å²) in [5.41, 5.74) is 20.1. The first kappa shape index (κ1) is 29.7. The van der Waals surface area contributed by atoms with Crippen molar-refractivity contribution in [1.29, 1.82) is 0 Å². The van der Waals surface area contributed by atoms with Crippen molar-refractivity contribution in [3.63, 3.8) is 0 Å². The molecule has 0 aliphatic carbocycles. The van der Waals surface area contributed by atoms with Gasteiger partial charge < -0.3 is 30.8 Å². The third-order valence-corrected chi connectivity index (χ3v) is 8.75. The monoisotopic (exact) mass is 619 g/mol. The SMILES string of the molecule is CCC(/C=C\C(=C/N)c1cc2c(c3ccccc13)c1ccc(-c3ccc(C4NC=CO4)nc3)cc1n2-c1ccccc1)CO/C=C\N. The van der Waals surface area contributed by atoms with Gasteiger partial charge in [0.2, 0.25) is 6.23 Å².